The topological polar surface area (TPSA) is 130 Å². The molecular formula is C12H13N5O4. The Labute approximate surface area is 119 Å². The van der Waals surface area contributed by atoms with Gasteiger partial charge in [0.1, 0.15) is 0 Å². The van der Waals surface area contributed by atoms with Gasteiger partial charge in [0, 0.05) is 11.1 Å². The van der Waals surface area contributed by atoms with Crippen LogP contribution < -0.4 is 5.32 Å². The number of methoxy groups -OCH3 is 1. The van der Waals surface area contributed by atoms with Crippen molar-refractivity contribution in [3.05, 3.63) is 29.8 Å². The highest BCUT2D eigenvalue weighted by atomic mass is 16.5. The van der Waals surface area contributed by atoms with Gasteiger partial charge in [-0.3, -0.25) is 4.79 Å². The Hall–Kier alpha value is -2.81. The van der Waals surface area contributed by atoms with Crippen molar-refractivity contribution in [1.29, 1.82) is 0 Å². The van der Waals surface area contributed by atoms with Crippen LogP contribution in [0, 0.1) is 0 Å². The van der Waals surface area contributed by atoms with Crippen LogP contribution in [0.25, 0.3) is 11.4 Å². The minimum absolute atomic E-state index is 0.324. The Bertz CT molecular complexity index is 611. The monoisotopic (exact) mass is 291 g/mol. The number of hydrogen-bond donors (Lipinski definition) is 3. The second-order valence-electron chi connectivity index (χ2n) is 4.04. The molecule has 9 heteroatoms. The number of benzene rings is 1. The lowest BCUT2D eigenvalue weighted by atomic mass is 10.1. The quantitative estimate of drug-likeness (QED) is 0.610. The third-order valence-corrected chi connectivity index (χ3v) is 2.72. The average Bonchev–Trinajstić information content (AvgIpc) is 3.06. The van der Waals surface area contributed by atoms with Gasteiger partial charge in [-0.15, -0.1) is 10.2 Å². The fourth-order valence-electron chi connectivity index (χ4n) is 1.62. The molecule has 1 aromatic heterocycles. The van der Waals surface area contributed by atoms with E-state index >= 15 is 0 Å². The summed E-state index contributed by atoms with van der Waals surface area (Å²) in [6.45, 7) is -0.542. The molecule has 2 aromatic rings. The van der Waals surface area contributed by atoms with E-state index in [9.17, 15) is 9.59 Å². The lowest BCUT2D eigenvalue weighted by Gasteiger charge is -2.13. The second-order valence-corrected chi connectivity index (χ2v) is 4.04. The van der Waals surface area contributed by atoms with Gasteiger partial charge in [0.2, 0.25) is 5.82 Å². The van der Waals surface area contributed by atoms with E-state index in [4.69, 9.17) is 5.11 Å². The number of rotatable bonds is 5. The summed E-state index contributed by atoms with van der Waals surface area (Å²) in [5, 5.41) is 24.8. The average molecular weight is 291 g/mol. The van der Waals surface area contributed by atoms with Crippen molar-refractivity contribution < 1.29 is 19.4 Å². The largest absolute Gasteiger partial charge is 0.467 e. The summed E-state index contributed by atoms with van der Waals surface area (Å²) >= 11 is 0. The number of ether oxygens (including phenoxy) is 1. The molecule has 110 valence electrons. The molecule has 0 aliphatic heterocycles. The van der Waals surface area contributed by atoms with E-state index in [1.807, 2.05) is 0 Å². The predicted octanol–water partition coefficient (Wildman–Crippen LogP) is -0.870. The van der Waals surface area contributed by atoms with Crippen LogP contribution in [-0.2, 0) is 9.53 Å². The third kappa shape index (κ3) is 3.39. The summed E-state index contributed by atoms with van der Waals surface area (Å²) in [6.07, 6.45) is 0. The van der Waals surface area contributed by atoms with Gasteiger partial charge in [0.25, 0.3) is 5.91 Å². The number of carbonyl (C=O) groups excluding carboxylic acids is 2. The molecular weight excluding hydrogens is 278 g/mol. The van der Waals surface area contributed by atoms with E-state index in [2.05, 4.69) is 30.7 Å². The van der Waals surface area contributed by atoms with Gasteiger partial charge in [-0.2, -0.15) is 5.21 Å². The summed E-state index contributed by atoms with van der Waals surface area (Å²) in [7, 11) is 1.18. The fourth-order valence-corrected chi connectivity index (χ4v) is 1.62. The molecule has 1 heterocycles. The van der Waals surface area contributed by atoms with Gasteiger partial charge < -0.3 is 15.2 Å². The smallest absolute Gasteiger partial charge is 0.330 e. The molecule has 0 radical (unpaired) electrons. The molecule has 1 atom stereocenters. The van der Waals surface area contributed by atoms with Crippen molar-refractivity contribution in [3.8, 4) is 11.4 Å². The Morgan fingerprint density at radius 2 is 2.10 bits per heavy atom. The second kappa shape index (κ2) is 6.57. The summed E-state index contributed by atoms with van der Waals surface area (Å²) in [6, 6.07) is 5.29. The fraction of sp³-hybridized carbons (Fsp3) is 0.250. The minimum Gasteiger partial charge on any atom is -0.467 e. The SMILES string of the molecule is COC(=O)C(CO)NC(=O)c1ccc(-c2nn[nH]n2)cc1. The number of aliphatic hydroxyl groups excluding tert-OH is 1. The Morgan fingerprint density at radius 3 is 2.62 bits per heavy atom. The molecule has 0 spiro atoms. The first-order valence-corrected chi connectivity index (χ1v) is 5.99. The van der Waals surface area contributed by atoms with Gasteiger partial charge >= 0.3 is 5.97 Å². The normalized spacial score (nSPS) is 11.7. The first kappa shape index (κ1) is 14.6. The highest BCUT2D eigenvalue weighted by molar-refractivity contribution is 5.97. The number of amides is 1. The molecule has 3 N–H and O–H groups in total. The molecule has 0 saturated heterocycles. The zero-order valence-corrected chi connectivity index (χ0v) is 11.1. The molecule has 9 nitrogen and oxygen atoms in total. The first-order valence-electron chi connectivity index (χ1n) is 5.99. The van der Waals surface area contributed by atoms with Gasteiger partial charge in [-0.25, -0.2) is 4.79 Å². The maximum atomic E-state index is 12.0. The lowest BCUT2D eigenvalue weighted by Crippen LogP contribution is -2.44. The van der Waals surface area contributed by atoms with Crippen LogP contribution in [0.4, 0.5) is 0 Å². The number of aromatic nitrogens is 4. The van der Waals surface area contributed by atoms with Crippen LogP contribution in [0.3, 0.4) is 0 Å². The van der Waals surface area contributed by atoms with Crippen molar-refractivity contribution in [2.24, 2.45) is 0 Å². The van der Waals surface area contributed by atoms with Crippen molar-refractivity contribution in [2.75, 3.05) is 13.7 Å². The first-order chi connectivity index (χ1) is 10.2. The van der Waals surface area contributed by atoms with Crippen molar-refractivity contribution in [1.82, 2.24) is 25.9 Å². The van der Waals surface area contributed by atoms with Crippen LogP contribution >= 0.6 is 0 Å². The van der Waals surface area contributed by atoms with Crippen LogP contribution in [0.2, 0.25) is 0 Å². The Morgan fingerprint density at radius 1 is 1.38 bits per heavy atom. The number of aromatic amines is 1. The van der Waals surface area contributed by atoms with E-state index in [1.165, 1.54) is 7.11 Å². The molecule has 0 aliphatic carbocycles. The van der Waals surface area contributed by atoms with Gasteiger partial charge in [-0.1, -0.05) is 12.1 Å². The molecule has 0 fully saturated rings. The number of hydrogen-bond acceptors (Lipinski definition) is 7. The van der Waals surface area contributed by atoms with Gasteiger partial charge in [0.05, 0.1) is 13.7 Å². The van der Waals surface area contributed by atoms with Crippen LogP contribution in [0.5, 0.6) is 0 Å². The highest BCUT2D eigenvalue weighted by Crippen LogP contribution is 2.13. The maximum absolute atomic E-state index is 12.0. The number of tetrazole rings is 1. The lowest BCUT2D eigenvalue weighted by molar-refractivity contribution is -0.143. The van der Waals surface area contributed by atoms with Crippen molar-refractivity contribution in [2.45, 2.75) is 6.04 Å². The zero-order valence-electron chi connectivity index (χ0n) is 11.1. The number of esters is 1. The number of nitrogens with zero attached hydrogens (tertiary/aromatic N) is 3. The highest BCUT2D eigenvalue weighted by Gasteiger charge is 2.21. The minimum atomic E-state index is -1.10. The van der Waals surface area contributed by atoms with Crippen LogP contribution in [0.15, 0.2) is 24.3 Å². The Kier molecular flexibility index (Phi) is 4.57. The van der Waals surface area contributed by atoms with E-state index in [0.717, 1.165) is 0 Å². The van der Waals surface area contributed by atoms with Gasteiger partial charge in [0.15, 0.2) is 6.04 Å². The summed E-state index contributed by atoms with van der Waals surface area (Å²) < 4.78 is 4.47. The van der Waals surface area contributed by atoms with E-state index < -0.39 is 24.5 Å². The van der Waals surface area contributed by atoms with E-state index in [1.54, 1.807) is 24.3 Å². The third-order valence-electron chi connectivity index (χ3n) is 2.72. The summed E-state index contributed by atoms with van der Waals surface area (Å²) in [4.78, 5) is 23.2. The number of carbonyl (C=O) groups is 2. The number of H-pyrrole nitrogens is 1. The Balaban J connectivity index is 2.08. The molecule has 2 rings (SSSR count). The standard InChI is InChI=1S/C12H13N5O4/c1-21-12(20)9(6-18)13-11(19)8-4-2-7(3-5-8)10-14-16-17-15-10/h2-5,9,18H,6H2,1H3,(H,13,19)(H,14,15,16,17). The molecule has 1 aromatic carbocycles. The molecule has 1 amide bonds. The molecule has 0 aliphatic rings. The van der Waals surface area contributed by atoms with Crippen molar-refractivity contribution in [3.63, 3.8) is 0 Å². The molecule has 0 saturated carbocycles. The predicted molar refractivity (Wildman–Crippen MR) is 70.0 cm³/mol. The van der Waals surface area contributed by atoms with E-state index in [-0.39, 0.29) is 0 Å². The van der Waals surface area contributed by atoms with Gasteiger partial charge in [-0.05, 0) is 17.3 Å². The van der Waals surface area contributed by atoms with E-state index in [0.29, 0.717) is 17.0 Å². The number of aliphatic hydroxyl groups is 1. The zero-order chi connectivity index (χ0) is 15.2. The number of nitrogens with one attached hydrogen (secondary N) is 2. The van der Waals surface area contributed by atoms with Crippen LogP contribution in [0.1, 0.15) is 10.4 Å². The molecule has 0 bridgehead atoms. The van der Waals surface area contributed by atoms with Crippen LogP contribution in [-0.4, -0.2) is 57.4 Å². The summed E-state index contributed by atoms with van der Waals surface area (Å²) in [5.74, 6) is -0.807. The van der Waals surface area contributed by atoms with Crippen molar-refractivity contribution >= 4 is 11.9 Å². The molecule has 1 unspecified atom stereocenters. The summed E-state index contributed by atoms with van der Waals surface area (Å²) in [5.41, 5.74) is 1.01. The maximum Gasteiger partial charge on any atom is 0.330 e. The molecule has 21 heavy (non-hydrogen) atoms.